The molecule has 4 nitrogen and oxygen atoms in total. The molecule has 0 saturated heterocycles. The predicted molar refractivity (Wildman–Crippen MR) is 53.5 cm³/mol. The summed E-state index contributed by atoms with van der Waals surface area (Å²) in [6, 6.07) is 0. The highest BCUT2D eigenvalue weighted by Crippen LogP contribution is 2.17. The number of carbonyl (C=O) groups is 1. The van der Waals surface area contributed by atoms with Gasteiger partial charge in [-0.15, -0.1) is 0 Å². The van der Waals surface area contributed by atoms with E-state index < -0.39 is 27.9 Å². The second kappa shape index (κ2) is 5.46. The quantitative estimate of drug-likeness (QED) is 0.519. The van der Waals surface area contributed by atoms with Gasteiger partial charge in [-0.2, -0.15) is 0 Å². The van der Waals surface area contributed by atoms with Crippen molar-refractivity contribution < 1.29 is 18.3 Å². The molecule has 0 aliphatic rings. The lowest BCUT2D eigenvalue weighted by Gasteiger charge is -2.26. The van der Waals surface area contributed by atoms with E-state index in [1.807, 2.05) is 6.92 Å². The van der Waals surface area contributed by atoms with Crippen molar-refractivity contribution in [2.45, 2.75) is 51.4 Å². The van der Waals surface area contributed by atoms with Gasteiger partial charge in [-0.25, -0.2) is 0 Å². The van der Waals surface area contributed by atoms with Crippen LogP contribution in [0.1, 0.15) is 40.5 Å². The maximum absolute atomic E-state index is 11.3. The molecule has 0 spiro atoms. The van der Waals surface area contributed by atoms with Crippen LogP contribution in [0.5, 0.6) is 0 Å². The first kappa shape index (κ1) is 13.6. The van der Waals surface area contributed by atoms with Gasteiger partial charge in [0.25, 0.3) is 0 Å². The van der Waals surface area contributed by atoms with Gasteiger partial charge in [0.15, 0.2) is 0 Å². The minimum absolute atomic E-state index is 0.584. The minimum Gasteiger partial charge on any atom is -0.772 e. The SMILES string of the molecule is CCCC(C)(C)OC(=O)C(C)S(=O)[O-]. The lowest BCUT2D eigenvalue weighted by molar-refractivity contribution is -0.156. The Hall–Kier alpha value is -0.420. The summed E-state index contributed by atoms with van der Waals surface area (Å²) in [4.78, 5) is 11.3. The number of rotatable bonds is 5. The van der Waals surface area contributed by atoms with Crippen LogP contribution in [0.4, 0.5) is 0 Å². The van der Waals surface area contributed by atoms with Gasteiger partial charge in [0, 0.05) is 0 Å². The molecule has 2 atom stereocenters. The van der Waals surface area contributed by atoms with Crippen molar-refractivity contribution in [2.24, 2.45) is 0 Å². The number of carbonyl (C=O) groups excluding carboxylic acids is 1. The standard InChI is InChI=1S/C9H18O4S/c1-5-6-9(3,4)13-8(10)7(2)14(11)12/h7H,5-6H2,1-4H3,(H,11,12)/p-1. The zero-order valence-corrected chi connectivity index (χ0v) is 9.85. The Morgan fingerprint density at radius 3 is 2.43 bits per heavy atom. The number of esters is 1. The Balaban J connectivity index is 4.24. The second-order valence-electron chi connectivity index (χ2n) is 3.83. The molecule has 0 aromatic rings. The van der Waals surface area contributed by atoms with Crippen molar-refractivity contribution in [3.63, 3.8) is 0 Å². The molecule has 0 fully saturated rings. The Morgan fingerprint density at radius 1 is 1.57 bits per heavy atom. The van der Waals surface area contributed by atoms with E-state index in [0.717, 1.165) is 12.8 Å². The molecular weight excluding hydrogens is 204 g/mol. The molecule has 0 bridgehead atoms. The van der Waals surface area contributed by atoms with Gasteiger partial charge in [0.1, 0.15) is 10.9 Å². The highest BCUT2D eigenvalue weighted by molar-refractivity contribution is 7.80. The van der Waals surface area contributed by atoms with E-state index in [1.165, 1.54) is 6.92 Å². The summed E-state index contributed by atoms with van der Waals surface area (Å²) in [6.07, 6.45) is 1.60. The summed E-state index contributed by atoms with van der Waals surface area (Å²) in [7, 11) is 0. The van der Waals surface area contributed by atoms with Gasteiger partial charge in [-0.1, -0.05) is 13.3 Å². The first-order chi connectivity index (χ1) is 6.30. The summed E-state index contributed by atoms with van der Waals surface area (Å²) in [5.41, 5.74) is -0.584. The summed E-state index contributed by atoms with van der Waals surface area (Å²) in [5, 5.41) is -1.09. The van der Waals surface area contributed by atoms with Gasteiger partial charge >= 0.3 is 5.97 Å². The lowest BCUT2D eigenvalue weighted by atomic mass is 10.0. The molecule has 2 unspecified atom stereocenters. The third-order valence-electron chi connectivity index (χ3n) is 1.85. The van der Waals surface area contributed by atoms with Crippen LogP contribution >= 0.6 is 0 Å². The average Bonchev–Trinajstić information content (AvgIpc) is 2.01. The van der Waals surface area contributed by atoms with E-state index in [2.05, 4.69) is 0 Å². The van der Waals surface area contributed by atoms with E-state index in [4.69, 9.17) is 4.74 Å². The van der Waals surface area contributed by atoms with Crippen LogP contribution < -0.4 is 0 Å². The molecule has 5 heteroatoms. The average molecular weight is 221 g/mol. The van der Waals surface area contributed by atoms with Crippen LogP contribution in [-0.4, -0.2) is 25.6 Å². The number of ether oxygens (including phenoxy) is 1. The van der Waals surface area contributed by atoms with Crippen LogP contribution in [0.15, 0.2) is 0 Å². The van der Waals surface area contributed by atoms with Crippen molar-refractivity contribution >= 4 is 17.0 Å². The molecule has 0 N–H and O–H groups in total. The van der Waals surface area contributed by atoms with Crippen LogP contribution in [0.25, 0.3) is 0 Å². The summed E-state index contributed by atoms with van der Waals surface area (Å²) in [6.45, 7) is 6.84. The first-order valence-electron chi connectivity index (χ1n) is 4.61. The van der Waals surface area contributed by atoms with Crippen molar-refractivity contribution in [2.75, 3.05) is 0 Å². The monoisotopic (exact) mass is 221 g/mol. The molecule has 0 saturated carbocycles. The first-order valence-corrected chi connectivity index (χ1v) is 5.75. The molecule has 84 valence electrons. The maximum Gasteiger partial charge on any atom is 0.320 e. The molecule has 0 aromatic heterocycles. The van der Waals surface area contributed by atoms with E-state index in [0.29, 0.717) is 0 Å². The molecular formula is C9H17O4S-. The third-order valence-corrected chi connectivity index (χ3v) is 2.62. The molecule has 0 heterocycles. The fraction of sp³-hybridized carbons (Fsp3) is 0.889. The lowest BCUT2D eigenvalue weighted by Crippen LogP contribution is -2.34. The fourth-order valence-electron chi connectivity index (χ4n) is 1.09. The zero-order chi connectivity index (χ0) is 11.4. The summed E-state index contributed by atoms with van der Waals surface area (Å²) < 4.78 is 26.0. The normalized spacial score (nSPS) is 16.1. The molecule has 0 aromatic carbocycles. The van der Waals surface area contributed by atoms with Crippen LogP contribution in [-0.2, 0) is 20.6 Å². The van der Waals surface area contributed by atoms with Crippen LogP contribution in [0, 0.1) is 0 Å². The second-order valence-corrected chi connectivity index (χ2v) is 5.06. The molecule has 14 heavy (non-hydrogen) atoms. The van der Waals surface area contributed by atoms with Crippen LogP contribution in [0.3, 0.4) is 0 Å². The topological polar surface area (TPSA) is 66.4 Å². The summed E-state index contributed by atoms with van der Waals surface area (Å²) >= 11 is -2.40. The van der Waals surface area contributed by atoms with Gasteiger partial charge in [0.05, 0.1) is 0 Å². The van der Waals surface area contributed by atoms with Crippen molar-refractivity contribution in [1.29, 1.82) is 0 Å². The Labute approximate surface area is 87.3 Å². The Kier molecular flexibility index (Phi) is 5.29. The number of hydrogen-bond acceptors (Lipinski definition) is 4. The van der Waals surface area contributed by atoms with E-state index >= 15 is 0 Å². The van der Waals surface area contributed by atoms with Crippen molar-refractivity contribution in [1.82, 2.24) is 0 Å². The Bertz CT molecular complexity index is 225. The van der Waals surface area contributed by atoms with Gasteiger partial charge in [0.2, 0.25) is 0 Å². The van der Waals surface area contributed by atoms with E-state index in [1.54, 1.807) is 13.8 Å². The van der Waals surface area contributed by atoms with E-state index in [-0.39, 0.29) is 0 Å². The zero-order valence-electron chi connectivity index (χ0n) is 9.03. The Morgan fingerprint density at radius 2 is 2.07 bits per heavy atom. The molecule has 0 aliphatic heterocycles. The third kappa shape index (κ3) is 4.72. The van der Waals surface area contributed by atoms with Gasteiger partial charge in [-0.05, 0) is 38.3 Å². The van der Waals surface area contributed by atoms with Gasteiger partial charge < -0.3 is 9.29 Å². The van der Waals surface area contributed by atoms with Crippen LogP contribution in [0.2, 0.25) is 0 Å². The smallest absolute Gasteiger partial charge is 0.320 e. The summed E-state index contributed by atoms with van der Waals surface area (Å²) in [5.74, 6) is -0.684. The van der Waals surface area contributed by atoms with E-state index in [9.17, 15) is 13.6 Å². The maximum atomic E-state index is 11.3. The molecule has 0 radical (unpaired) electrons. The van der Waals surface area contributed by atoms with Crippen molar-refractivity contribution in [3.05, 3.63) is 0 Å². The molecule has 0 amide bonds. The molecule has 0 rings (SSSR count). The fourth-order valence-corrected chi connectivity index (χ4v) is 1.29. The largest absolute Gasteiger partial charge is 0.772 e. The highest BCUT2D eigenvalue weighted by atomic mass is 32.2. The van der Waals surface area contributed by atoms with Gasteiger partial charge in [-0.3, -0.25) is 9.00 Å². The molecule has 0 aliphatic carbocycles. The number of hydrogen-bond donors (Lipinski definition) is 0. The predicted octanol–water partition coefficient (Wildman–Crippen LogP) is 1.38. The highest BCUT2D eigenvalue weighted by Gasteiger charge is 2.25. The minimum atomic E-state index is -2.40. The van der Waals surface area contributed by atoms with Crippen molar-refractivity contribution in [3.8, 4) is 0 Å².